The van der Waals surface area contributed by atoms with Gasteiger partial charge in [0.1, 0.15) is 11.9 Å². The zero-order chi connectivity index (χ0) is 32.0. The molecule has 1 heterocycles. The lowest BCUT2D eigenvalue weighted by Crippen LogP contribution is -2.48. The smallest absolute Gasteiger partial charge is 0.251 e. The summed E-state index contributed by atoms with van der Waals surface area (Å²) < 4.78 is 0. The standard InChI is InChI=1S/C37H50N6O2/c1-5-23-43(31(6-2)7-3)24-11-16-34(37(45)41-27(4)32-15-10-13-29-12-8-9-14-33(29)32)42-36(44)30-19-17-28(18-20-30)25-38-26-35-39-21-22-40-35/h8-10,12-15,17-22,27,31,34,38H,5-7,11,16,23-26H2,1-4H3,(H,39,40)(H,41,45)(H,42,44)/t27-,34-/m0/s1. The Morgan fingerprint density at radius 1 is 0.889 bits per heavy atom. The van der Waals surface area contributed by atoms with Gasteiger partial charge in [0, 0.05) is 30.5 Å². The molecule has 0 aliphatic rings. The number of H-pyrrole nitrogens is 1. The van der Waals surface area contributed by atoms with Gasteiger partial charge in [0.2, 0.25) is 5.91 Å². The molecular formula is C37H50N6O2. The molecule has 4 aromatic rings. The maximum atomic E-state index is 13.8. The number of fused-ring (bicyclic) bond motifs is 1. The predicted octanol–water partition coefficient (Wildman–Crippen LogP) is 6.51. The molecule has 2 amide bonds. The van der Waals surface area contributed by atoms with Crippen molar-refractivity contribution in [2.24, 2.45) is 0 Å². The highest BCUT2D eigenvalue weighted by atomic mass is 16.2. The lowest BCUT2D eigenvalue weighted by Gasteiger charge is -2.31. The first-order valence-electron chi connectivity index (χ1n) is 16.5. The van der Waals surface area contributed by atoms with Gasteiger partial charge in [0.25, 0.3) is 5.91 Å². The molecule has 0 fully saturated rings. The molecule has 240 valence electrons. The SMILES string of the molecule is CCCN(CCC[C@H](NC(=O)c1ccc(CNCc2ncc[nH]2)cc1)C(=O)N[C@@H](C)c1cccc2ccccc12)C(CC)CC. The fourth-order valence-corrected chi connectivity index (χ4v) is 6.09. The van der Waals surface area contributed by atoms with Crippen LogP contribution in [0.2, 0.25) is 0 Å². The van der Waals surface area contributed by atoms with Gasteiger partial charge in [-0.1, -0.05) is 75.4 Å². The minimum Gasteiger partial charge on any atom is -0.348 e. The Labute approximate surface area is 268 Å². The van der Waals surface area contributed by atoms with Crippen LogP contribution < -0.4 is 16.0 Å². The van der Waals surface area contributed by atoms with Crippen LogP contribution in [0.3, 0.4) is 0 Å². The molecule has 45 heavy (non-hydrogen) atoms. The molecule has 0 aliphatic carbocycles. The molecule has 4 N–H and O–H groups in total. The minimum absolute atomic E-state index is 0.160. The number of nitrogens with one attached hydrogen (secondary N) is 4. The zero-order valence-electron chi connectivity index (χ0n) is 27.3. The third-order valence-corrected chi connectivity index (χ3v) is 8.57. The highest BCUT2D eigenvalue weighted by molar-refractivity contribution is 5.97. The summed E-state index contributed by atoms with van der Waals surface area (Å²) in [6.45, 7) is 11.9. The molecule has 0 bridgehead atoms. The number of hydrogen-bond acceptors (Lipinski definition) is 5. The Kier molecular flexibility index (Phi) is 13.2. The molecule has 0 unspecified atom stereocenters. The van der Waals surface area contributed by atoms with Gasteiger partial charge in [-0.3, -0.25) is 9.59 Å². The number of aromatic amines is 1. The molecule has 1 aromatic heterocycles. The molecule has 4 rings (SSSR count). The van der Waals surface area contributed by atoms with Gasteiger partial charge in [-0.15, -0.1) is 0 Å². The average Bonchev–Trinajstić information content (AvgIpc) is 3.58. The summed E-state index contributed by atoms with van der Waals surface area (Å²) >= 11 is 0. The van der Waals surface area contributed by atoms with Crippen LogP contribution in [0, 0.1) is 0 Å². The Hall–Kier alpha value is -4.01. The highest BCUT2D eigenvalue weighted by Gasteiger charge is 2.24. The van der Waals surface area contributed by atoms with Crippen LogP contribution in [-0.4, -0.2) is 51.9 Å². The first-order valence-corrected chi connectivity index (χ1v) is 16.5. The second-order valence-corrected chi connectivity index (χ2v) is 11.8. The first kappa shape index (κ1) is 33.9. The summed E-state index contributed by atoms with van der Waals surface area (Å²) in [5, 5.41) is 11.9. The second-order valence-electron chi connectivity index (χ2n) is 11.8. The van der Waals surface area contributed by atoms with Gasteiger partial charge >= 0.3 is 0 Å². The number of rotatable bonds is 18. The van der Waals surface area contributed by atoms with Crippen molar-refractivity contribution in [1.82, 2.24) is 30.8 Å². The molecule has 0 spiro atoms. The third-order valence-electron chi connectivity index (χ3n) is 8.57. The third kappa shape index (κ3) is 9.74. The molecule has 0 saturated carbocycles. The van der Waals surface area contributed by atoms with E-state index in [1.807, 2.05) is 49.4 Å². The van der Waals surface area contributed by atoms with E-state index in [9.17, 15) is 9.59 Å². The number of benzene rings is 3. The number of hydrogen-bond donors (Lipinski definition) is 4. The normalized spacial score (nSPS) is 12.8. The Morgan fingerprint density at radius 2 is 1.64 bits per heavy atom. The second kappa shape index (κ2) is 17.5. The lowest BCUT2D eigenvalue weighted by molar-refractivity contribution is -0.123. The van der Waals surface area contributed by atoms with E-state index in [2.05, 4.69) is 75.9 Å². The van der Waals surface area contributed by atoms with Crippen LogP contribution in [0.5, 0.6) is 0 Å². The fraction of sp³-hybridized carbons (Fsp3) is 0.432. The topological polar surface area (TPSA) is 102 Å². The summed E-state index contributed by atoms with van der Waals surface area (Å²) in [6, 6.07) is 21.6. The van der Waals surface area contributed by atoms with E-state index in [1.165, 1.54) is 0 Å². The molecule has 0 aliphatic heterocycles. The van der Waals surface area contributed by atoms with Crippen LogP contribution >= 0.6 is 0 Å². The zero-order valence-corrected chi connectivity index (χ0v) is 27.3. The highest BCUT2D eigenvalue weighted by Crippen LogP contribution is 2.24. The van der Waals surface area contributed by atoms with E-state index in [-0.39, 0.29) is 17.9 Å². The molecule has 0 radical (unpaired) electrons. The maximum Gasteiger partial charge on any atom is 0.251 e. The Balaban J connectivity index is 1.43. The number of amides is 2. The van der Waals surface area contributed by atoms with Crippen LogP contribution in [0.15, 0.2) is 79.1 Å². The summed E-state index contributed by atoms with van der Waals surface area (Å²) in [5.74, 6) is 0.475. The van der Waals surface area contributed by atoms with Gasteiger partial charge in [-0.25, -0.2) is 4.98 Å². The molecular weight excluding hydrogens is 560 g/mol. The number of nitrogens with zero attached hydrogens (tertiary/aromatic N) is 2. The van der Waals surface area contributed by atoms with Gasteiger partial charge in [-0.05, 0) is 86.1 Å². The molecule has 8 nitrogen and oxygen atoms in total. The lowest BCUT2D eigenvalue weighted by atomic mass is 9.99. The molecule has 8 heteroatoms. The molecule has 0 saturated heterocycles. The van der Waals surface area contributed by atoms with Crippen molar-refractivity contribution in [1.29, 1.82) is 0 Å². The van der Waals surface area contributed by atoms with Gasteiger partial charge in [0.15, 0.2) is 0 Å². The van der Waals surface area contributed by atoms with Gasteiger partial charge in [-0.2, -0.15) is 0 Å². The van der Waals surface area contributed by atoms with Crippen molar-refractivity contribution in [2.45, 2.75) is 91.0 Å². The molecule has 3 aromatic carbocycles. The van der Waals surface area contributed by atoms with E-state index in [0.29, 0.717) is 31.1 Å². The van der Waals surface area contributed by atoms with Crippen molar-refractivity contribution in [3.8, 4) is 0 Å². The maximum absolute atomic E-state index is 13.8. The van der Waals surface area contributed by atoms with Crippen molar-refractivity contribution >= 4 is 22.6 Å². The average molecular weight is 611 g/mol. The van der Waals surface area contributed by atoms with Crippen molar-refractivity contribution in [3.05, 3.63) is 102 Å². The van der Waals surface area contributed by atoms with Crippen LogP contribution in [-0.2, 0) is 17.9 Å². The summed E-state index contributed by atoms with van der Waals surface area (Å²) in [7, 11) is 0. The Morgan fingerprint density at radius 3 is 2.36 bits per heavy atom. The summed E-state index contributed by atoms with van der Waals surface area (Å²) in [5.41, 5.74) is 2.66. The largest absolute Gasteiger partial charge is 0.348 e. The minimum atomic E-state index is -0.644. The van der Waals surface area contributed by atoms with E-state index in [4.69, 9.17) is 0 Å². The summed E-state index contributed by atoms with van der Waals surface area (Å²) in [4.78, 5) is 37.1. The monoisotopic (exact) mass is 610 g/mol. The quantitative estimate of drug-likeness (QED) is 0.103. The van der Waals surface area contributed by atoms with Crippen molar-refractivity contribution in [3.63, 3.8) is 0 Å². The van der Waals surface area contributed by atoms with Crippen LogP contribution in [0.25, 0.3) is 10.8 Å². The van der Waals surface area contributed by atoms with Crippen LogP contribution in [0.1, 0.15) is 93.2 Å². The van der Waals surface area contributed by atoms with E-state index in [0.717, 1.165) is 66.5 Å². The van der Waals surface area contributed by atoms with Crippen molar-refractivity contribution in [2.75, 3.05) is 13.1 Å². The predicted molar refractivity (Wildman–Crippen MR) is 183 cm³/mol. The van der Waals surface area contributed by atoms with Crippen LogP contribution in [0.4, 0.5) is 0 Å². The van der Waals surface area contributed by atoms with E-state index < -0.39 is 6.04 Å². The van der Waals surface area contributed by atoms with Gasteiger partial charge in [0.05, 0.1) is 12.6 Å². The number of carbonyl (C=O) groups is 2. The van der Waals surface area contributed by atoms with Gasteiger partial charge < -0.3 is 25.8 Å². The number of imidazole rings is 1. The number of carbonyl (C=O) groups excluding carboxylic acids is 2. The first-order chi connectivity index (χ1) is 21.9. The Bertz CT molecular complexity index is 1460. The summed E-state index contributed by atoms with van der Waals surface area (Å²) in [6.07, 6.45) is 8.22. The van der Waals surface area contributed by atoms with E-state index in [1.54, 1.807) is 12.4 Å². The van der Waals surface area contributed by atoms with E-state index >= 15 is 0 Å². The van der Waals surface area contributed by atoms with Crippen molar-refractivity contribution < 1.29 is 9.59 Å². The number of aromatic nitrogens is 2. The molecule has 2 atom stereocenters. The fourth-order valence-electron chi connectivity index (χ4n) is 6.09.